The molecular weight excluding hydrogens is 1140 g/mol. The number of esters is 1. The number of hydrogen-bond acceptors (Lipinski definition) is 14. The quantitative estimate of drug-likeness (QED) is 0.00783. The molecule has 89 heavy (non-hydrogen) atoms. The molecular formula is C67H90N8O14. The topological polar surface area (TPSA) is 305 Å². The van der Waals surface area contributed by atoms with Crippen LogP contribution in [0.5, 0.6) is 0 Å². The lowest BCUT2D eigenvalue weighted by Gasteiger charge is -2.39. The molecule has 3 saturated heterocycles. The van der Waals surface area contributed by atoms with Crippen LogP contribution >= 0.6 is 0 Å². The van der Waals surface area contributed by atoms with E-state index >= 15 is 0 Å². The third kappa shape index (κ3) is 21.9. The number of nitrogens with two attached hydrogens (primary N) is 1. The first kappa shape index (κ1) is 68.4. The van der Waals surface area contributed by atoms with Crippen molar-refractivity contribution in [3.05, 3.63) is 125 Å². The number of allylic oxidation sites excluding steroid dienone is 2. The van der Waals surface area contributed by atoms with Crippen molar-refractivity contribution in [2.75, 3.05) is 38.2 Å². The summed E-state index contributed by atoms with van der Waals surface area (Å²) >= 11 is 0. The van der Waals surface area contributed by atoms with Crippen molar-refractivity contribution >= 4 is 53.5 Å². The van der Waals surface area contributed by atoms with Crippen molar-refractivity contribution in [2.45, 2.75) is 179 Å². The van der Waals surface area contributed by atoms with E-state index in [0.717, 1.165) is 34.2 Å². The second-order valence-electron chi connectivity index (χ2n) is 24.1. The van der Waals surface area contributed by atoms with Crippen molar-refractivity contribution < 1.29 is 66.8 Å². The Bertz CT molecular complexity index is 2970. The van der Waals surface area contributed by atoms with Gasteiger partial charge in [-0.1, -0.05) is 112 Å². The highest BCUT2D eigenvalue weighted by molar-refractivity contribution is 5.98. The number of rotatable bonds is 30. The van der Waals surface area contributed by atoms with Gasteiger partial charge in [0.05, 0.1) is 42.7 Å². The normalized spacial score (nSPS) is 22.2. The maximum atomic E-state index is 13.8. The fourth-order valence-electron chi connectivity index (χ4n) is 11.4. The van der Waals surface area contributed by atoms with Gasteiger partial charge in [0, 0.05) is 63.5 Å². The van der Waals surface area contributed by atoms with Crippen molar-refractivity contribution in [2.24, 2.45) is 17.6 Å². The number of primary amides is 1. The number of alkyl carbamates (subject to hydrolysis) is 2. The Balaban J connectivity index is 0.794. The number of hydrogen-bond donors (Lipinski definition) is 8. The van der Waals surface area contributed by atoms with E-state index in [2.05, 4.69) is 74.5 Å². The largest absolute Gasteiger partial charge is 0.459 e. The van der Waals surface area contributed by atoms with Crippen molar-refractivity contribution in [1.29, 1.82) is 0 Å². The van der Waals surface area contributed by atoms with Crippen molar-refractivity contribution in [3.63, 3.8) is 0 Å². The molecule has 3 heterocycles. The molecule has 22 heteroatoms. The molecule has 3 aromatic rings. The molecule has 0 saturated carbocycles. The molecule has 8 amide bonds. The first-order valence-corrected chi connectivity index (χ1v) is 31.1. The van der Waals surface area contributed by atoms with E-state index in [4.69, 9.17) is 34.2 Å². The maximum Gasteiger partial charge on any atom is 0.407 e. The van der Waals surface area contributed by atoms with E-state index in [0.29, 0.717) is 69.3 Å². The van der Waals surface area contributed by atoms with Crippen LogP contribution in [0.15, 0.2) is 109 Å². The van der Waals surface area contributed by atoms with E-state index in [-0.39, 0.29) is 105 Å². The number of unbranched alkanes of at least 4 members (excludes halogenated alkanes) is 2. The Labute approximate surface area is 521 Å². The highest BCUT2D eigenvalue weighted by Crippen LogP contribution is 2.45. The zero-order valence-electron chi connectivity index (χ0n) is 52.3. The average Bonchev–Trinajstić information content (AvgIpc) is 1.66. The minimum atomic E-state index is -1.05. The van der Waals surface area contributed by atoms with E-state index in [1.807, 2.05) is 50.3 Å². The lowest BCUT2D eigenvalue weighted by atomic mass is 9.88. The van der Waals surface area contributed by atoms with Crippen LogP contribution in [-0.2, 0) is 59.0 Å². The Kier molecular flexibility index (Phi) is 25.7. The number of carbonyl (C=O) groups is 8. The molecule has 482 valence electrons. The summed E-state index contributed by atoms with van der Waals surface area (Å²) in [7, 11) is 0. The summed E-state index contributed by atoms with van der Waals surface area (Å²) in [6.45, 7) is 14.2. The van der Waals surface area contributed by atoms with Gasteiger partial charge >= 0.3 is 24.2 Å². The number of benzene rings is 3. The lowest BCUT2D eigenvalue weighted by Crippen LogP contribution is -2.54. The third-order valence-electron chi connectivity index (χ3n) is 16.4. The van der Waals surface area contributed by atoms with Gasteiger partial charge < -0.3 is 71.4 Å². The molecule has 22 nitrogen and oxygen atoms in total. The molecule has 0 radical (unpaired) electrons. The van der Waals surface area contributed by atoms with Crippen LogP contribution in [0.3, 0.4) is 0 Å². The Hall–Kier alpha value is -8.08. The number of anilines is 1. The predicted molar refractivity (Wildman–Crippen MR) is 335 cm³/mol. The van der Waals surface area contributed by atoms with Gasteiger partial charge in [-0.3, -0.25) is 24.0 Å². The number of fused-ring (bicyclic) bond motifs is 3. The summed E-state index contributed by atoms with van der Waals surface area (Å²) in [6, 6.07) is 20.1. The Morgan fingerprint density at radius 2 is 1.45 bits per heavy atom. The van der Waals surface area contributed by atoms with Gasteiger partial charge in [-0.25, -0.2) is 14.4 Å². The third-order valence-corrected chi connectivity index (χ3v) is 16.4. The average molecular weight is 1230 g/mol. The zero-order chi connectivity index (χ0) is 64.0. The maximum absolute atomic E-state index is 13.8. The van der Waals surface area contributed by atoms with Gasteiger partial charge in [0.1, 0.15) is 31.4 Å². The van der Waals surface area contributed by atoms with E-state index < -0.39 is 54.2 Å². The van der Waals surface area contributed by atoms with Crippen LogP contribution in [0, 0.1) is 11.8 Å². The van der Waals surface area contributed by atoms with Crippen molar-refractivity contribution in [1.82, 2.24) is 31.9 Å². The van der Waals surface area contributed by atoms with E-state index in [9.17, 15) is 38.4 Å². The highest BCUT2D eigenvalue weighted by Gasteiger charge is 2.51. The molecule has 1 spiro atoms. The fourth-order valence-corrected chi connectivity index (χ4v) is 11.4. The van der Waals surface area contributed by atoms with E-state index in [1.165, 1.54) is 13.0 Å². The van der Waals surface area contributed by atoms with Crippen LogP contribution < -0.4 is 43.0 Å². The molecule has 3 fully saturated rings. The van der Waals surface area contributed by atoms with Gasteiger partial charge in [-0.05, 0) is 117 Å². The Morgan fingerprint density at radius 1 is 0.764 bits per heavy atom. The van der Waals surface area contributed by atoms with Crippen LogP contribution in [0.25, 0.3) is 11.1 Å². The summed E-state index contributed by atoms with van der Waals surface area (Å²) in [5.41, 5.74) is 11.6. The molecule has 9 N–H and O–H groups in total. The highest BCUT2D eigenvalue weighted by atomic mass is 16.6. The summed E-state index contributed by atoms with van der Waals surface area (Å²) in [5.74, 6) is -2.26. The van der Waals surface area contributed by atoms with Gasteiger partial charge in [0.2, 0.25) is 23.6 Å². The summed E-state index contributed by atoms with van der Waals surface area (Å²) in [6.07, 6.45) is 11.9. The van der Waals surface area contributed by atoms with Gasteiger partial charge in [0.15, 0.2) is 0 Å². The summed E-state index contributed by atoms with van der Waals surface area (Å²) < 4.78 is 34.9. The second kappa shape index (κ2) is 33.5. The van der Waals surface area contributed by atoms with Crippen LogP contribution in [0.1, 0.15) is 135 Å². The van der Waals surface area contributed by atoms with Crippen LogP contribution in [0.4, 0.5) is 20.1 Å². The van der Waals surface area contributed by atoms with Gasteiger partial charge in [0.25, 0.3) is 0 Å². The molecule has 1 aliphatic carbocycles. The summed E-state index contributed by atoms with van der Waals surface area (Å²) in [5, 5.41) is 19.6. The molecule has 7 rings (SSSR count). The molecule has 3 aromatic carbocycles. The number of epoxide rings is 1. The van der Waals surface area contributed by atoms with Crippen molar-refractivity contribution in [3.8, 4) is 11.1 Å². The fraction of sp³-hybridized carbons (Fsp3) is 0.522. The standard InChI is InChI=1S/C67H90N8O14/c1-41(2)61(75-59(77)21-9-8-14-32-70-65(82)85-39-55-53-18-12-10-16-51(53)52-17-11-13-19-54(52)55)63(80)74-56(20-15-33-69-64(68)81)62(79)72-48-27-25-47(26-28-48)38-84-66(83)71-37-50-36-67(40-86-67)35-49(89-50)29-22-42(3)23-30-58-43(4)34-57(45(6)88-58)73-60(78)31-24-44(5)87-46(7)76/h10-13,16-19,22-29,31,41,43-45,49-50,55-58,61H,8-9,14-15,20-21,30,32-40H2,1-7H3,(H,70,82)(H,71,83)(H,72,79)(H,73,78)(H,74,80)(H,75,77)(H3,68,69,81)/b29-22+,31-24-,42-23+/t43-,44-,45+,49+,50-,56-,57+,58-,61-,67+/m0/s1. The van der Waals surface area contributed by atoms with Crippen LogP contribution in [0.2, 0.25) is 0 Å². The SMILES string of the molecule is CC(=O)O[C@@H](C)/C=C\C(=O)N[C@@H]1C[C@H](C)[C@H](C/C=C(C)/C=C/[C@@H]2C[C@]3(CO3)C[C@@H](CNC(=O)OCc3ccc(NC(=O)[C@H](CCCNC(N)=O)NC(=O)[C@@H](NC(=O)CCCCCNC(=O)OCC4c5ccccc5-c5ccccc54)C(C)C)cc3)O2)O[C@@H]1C. The molecule has 4 aliphatic rings. The number of ether oxygens (including phenoxy) is 6. The molecule has 0 unspecified atom stereocenters. The molecule has 10 atom stereocenters. The smallest absolute Gasteiger partial charge is 0.407 e. The Morgan fingerprint density at radius 3 is 2.12 bits per heavy atom. The first-order chi connectivity index (χ1) is 42.6. The monoisotopic (exact) mass is 1230 g/mol. The number of amides is 8. The molecule has 3 aliphatic heterocycles. The minimum Gasteiger partial charge on any atom is -0.459 e. The van der Waals surface area contributed by atoms with Crippen LogP contribution in [-0.4, -0.2) is 135 Å². The van der Waals surface area contributed by atoms with E-state index in [1.54, 1.807) is 51.1 Å². The summed E-state index contributed by atoms with van der Waals surface area (Å²) in [4.78, 5) is 101. The molecule has 0 aromatic heterocycles. The van der Waals surface area contributed by atoms with Gasteiger partial charge in [-0.15, -0.1) is 0 Å². The number of nitrogens with one attached hydrogen (secondary N) is 7. The predicted octanol–water partition coefficient (Wildman–Crippen LogP) is 8.04. The minimum absolute atomic E-state index is 0.0257. The zero-order valence-corrected chi connectivity index (χ0v) is 52.3. The lowest BCUT2D eigenvalue weighted by molar-refractivity contribution is -0.143. The molecule has 0 bridgehead atoms. The van der Waals surface area contributed by atoms with Gasteiger partial charge in [-0.2, -0.15) is 0 Å². The number of carbonyl (C=O) groups excluding carboxylic acids is 8. The second-order valence-corrected chi connectivity index (χ2v) is 24.1. The first-order valence-electron chi connectivity index (χ1n) is 31.1. The number of urea groups is 1.